The topological polar surface area (TPSA) is 90.9 Å². The summed E-state index contributed by atoms with van der Waals surface area (Å²) in [5.74, 6) is -3.45. The highest BCUT2D eigenvalue weighted by molar-refractivity contribution is 6.03. The van der Waals surface area contributed by atoms with Crippen molar-refractivity contribution in [3.63, 3.8) is 0 Å². The van der Waals surface area contributed by atoms with Gasteiger partial charge in [-0.25, -0.2) is 4.79 Å². The first kappa shape index (κ1) is 15.8. The van der Waals surface area contributed by atoms with E-state index in [1.54, 1.807) is 38.1 Å². The summed E-state index contributed by atoms with van der Waals surface area (Å²) in [6.45, 7) is 3.41. The van der Waals surface area contributed by atoms with Gasteiger partial charge >= 0.3 is 17.9 Å². The van der Waals surface area contributed by atoms with Crippen LogP contribution in [0.1, 0.15) is 13.8 Å². The highest BCUT2D eigenvalue weighted by Crippen LogP contribution is 2.31. The quantitative estimate of drug-likeness (QED) is 0.495. The number of esters is 3. The Morgan fingerprint density at radius 1 is 1.18 bits per heavy atom. The molecule has 0 saturated heterocycles. The lowest BCUT2D eigenvalue weighted by molar-refractivity contribution is -0.165. The number of rotatable bonds is 5. The molecule has 7 heteroatoms. The Kier molecular flexibility index (Phi) is 4.98. The largest absolute Gasteiger partial charge is 0.465 e. The first-order chi connectivity index (χ1) is 10.6. The molecule has 0 spiro atoms. The average molecular weight is 307 g/mol. The molecule has 22 heavy (non-hydrogen) atoms. The van der Waals surface area contributed by atoms with Crippen LogP contribution < -0.4 is 10.1 Å². The fourth-order valence-electron chi connectivity index (χ4n) is 2.13. The molecule has 1 aliphatic heterocycles. The third-order valence-electron chi connectivity index (χ3n) is 3.08. The standard InChI is InChI=1S/C15H17NO6/c1-3-20-13(17)11(14(18)21-4-2)12-15(19)22-10-8-6-5-7-9(10)16-12/h5-8,11-12,16H,3-4H2,1-2H3. The minimum atomic E-state index is -1.42. The Labute approximate surface area is 127 Å². The van der Waals surface area contributed by atoms with Crippen LogP contribution in [0.15, 0.2) is 24.3 Å². The molecule has 0 amide bonds. The van der Waals surface area contributed by atoms with Gasteiger partial charge in [-0.3, -0.25) is 9.59 Å². The van der Waals surface area contributed by atoms with E-state index < -0.39 is 29.9 Å². The molecule has 1 aliphatic rings. The molecule has 1 aromatic rings. The zero-order chi connectivity index (χ0) is 16.1. The summed E-state index contributed by atoms with van der Waals surface area (Å²) in [5.41, 5.74) is 0.519. The number of nitrogens with one attached hydrogen (secondary N) is 1. The lowest BCUT2D eigenvalue weighted by atomic mass is 9.98. The fourth-order valence-corrected chi connectivity index (χ4v) is 2.13. The summed E-state index contributed by atoms with van der Waals surface area (Å²) >= 11 is 0. The van der Waals surface area contributed by atoms with Gasteiger partial charge in [0.15, 0.2) is 11.7 Å². The molecule has 0 saturated carbocycles. The van der Waals surface area contributed by atoms with Crippen LogP contribution in [-0.2, 0) is 23.9 Å². The number of benzene rings is 1. The first-order valence-electron chi connectivity index (χ1n) is 6.99. The fraction of sp³-hybridized carbons (Fsp3) is 0.400. The minimum absolute atomic E-state index is 0.0904. The second-order valence-corrected chi connectivity index (χ2v) is 4.52. The van der Waals surface area contributed by atoms with Crippen LogP contribution in [0.4, 0.5) is 5.69 Å². The number of carbonyl (C=O) groups is 3. The predicted molar refractivity (Wildman–Crippen MR) is 76.2 cm³/mol. The van der Waals surface area contributed by atoms with E-state index in [4.69, 9.17) is 14.2 Å². The molecule has 0 aliphatic carbocycles. The number of anilines is 1. The lowest BCUT2D eigenvalue weighted by Gasteiger charge is -2.29. The Hall–Kier alpha value is -2.57. The van der Waals surface area contributed by atoms with E-state index in [1.165, 1.54) is 0 Å². The third kappa shape index (κ3) is 3.19. The number of carbonyl (C=O) groups excluding carboxylic acids is 3. The summed E-state index contributed by atoms with van der Waals surface area (Å²) in [4.78, 5) is 36.2. The van der Waals surface area contributed by atoms with Gasteiger partial charge in [0.05, 0.1) is 18.9 Å². The Balaban J connectivity index is 2.29. The number of ether oxygens (including phenoxy) is 3. The summed E-state index contributed by atoms with van der Waals surface area (Å²) in [6, 6.07) is 5.56. The van der Waals surface area contributed by atoms with Crippen molar-refractivity contribution in [1.29, 1.82) is 0 Å². The summed E-state index contributed by atoms with van der Waals surface area (Å²) < 4.78 is 14.9. The summed E-state index contributed by atoms with van der Waals surface area (Å²) in [5, 5.41) is 2.85. The molecular formula is C15H17NO6. The van der Waals surface area contributed by atoms with Gasteiger partial charge in [-0.05, 0) is 26.0 Å². The molecule has 1 heterocycles. The molecule has 0 aromatic heterocycles. The number of fused-ring (bicyclic) bond motifs is 1. The van der Waals surface area contributed by atoms with Gasteiger partial charge < -0.3 is 19.5 Å². The second kappa shape index (κ2) is 6.93. The van der Waals surface area contributed by atoms with Crippen molar-refractivity contribution in [1.82, 2.24) is 0 Å². The molecule has 7 nitrogen and oxygen atoms in total. The van der Waals surface area contributed by atoms with E-state index in [-0.39, 0.29) is 13.2 Å². The van der Waals surface area contributed by atoms with Gasteiger partial charge in [-0.1, -0.05) is 12.1 Å². The van der Waals surface area contributed by atoms with E-state index in [9.17, 15) is 14.4 Å². The van der Waals surface area contributed by atoms with Crippen LogP contribution in [0.3, 0.4) is 0 Å². The zero-order valence-corrected chi connectivity index (χ0v) is 12.3. The van der Waals surface area contributed by atoms with Crippen molar-refractivity contribution in [3.8, 4) is 5.75 Å². The first-order valence-corrected chi connectivity index (χ1v) is 6.99. The molecule has 118 valence electrons. The van der Waals surface area contributed by atoms with Crippen LogP contribution in [0, 0.1) is 5.92 Å². The Morgan fingerprint density at radius 3 is 2.36 bits per heavy atom. The van der Waals surface area contributed by atoms with Crippen LogP contribution in [0.2, 0.25) is 0 Å². The van der Waals surface area contributed by atoms with E-state index in [1.807, 2.05) is 0 Å². The number of para-hydroxylation sites is 2. The molecule has 1 atom stereocenters. The van der Waals surface area contributed by atoms with Gasteiger partial charge in [0.1, 0.15) is 6.04 Å². The van der Waals surface area contributed by atoms with E-state index in [2.05, 4.69) is 5.32 Å². The van der Waals surface area contributed by atoms with Crippen LogP contribution in [0.5, 0.6) is 5.75 Å². The van der Waals surface area contributed by atoms with E-state index in [0.29, 0.717) is 11.4 Å². The maximum Gasteiger partial charge on any atom is 0.335 e. The second-order valence-electron chi connectivity index (χ2n) is 4.52. The van der Waals surface area contributed by atoms with Gasteiger partial charge in [-0.15, -0.1) is 0 Å². The van der Waals surface area contributed by atoms with Gasteiger partial charge in [0.25, 0.3) is 0 Å². The number of hydrogen-bond acceptors (Lipinski definition) is 7. The minimum Gasteiger partial charge on any atom is -0.465 e. The zero-order valence-electron chi connectivity index (χ0n) is 12.3. The smallest absolute Gasteiger partial charge is 0.335 e. The van der Waals surface area contributed by atoms with Crippen molar-refractivity contribution in [2.75, 3.05) is 18.5 Å². The summed E-state index contributed by atoms with van der Waals surface area (Å²) in [6.07, 6.45) is 0. The molecule has 0 bridgehead atoms. The highest BCUT2D eigenvalue weighted by atomic mass is 16.6. The molecule has 1 aromatic carbocycles. The van der Waals surface area contributed by atoms with Gasteiger partial charge in [0.2, 0.25) is 0 Å². The molecule has 0 radical (unpaired) electrons. The summed E-state index contributed by atoms with van der Waals surface area (Å²) in [7, 11) is 0. The Morgan fingerprint density at radius 2 is 1.77 bits per heavy atom. The van der Waals surface area contributed by atoms with E-state index in [0.717, 1.165) is 0 Å². The van der Waals surface area contributed by atoms with Crippen molar-refractivity contribution in [2.24, 2.45) is 5.92 Å². The molecular weight excluding hydrogens is 290 g/mol. The van der Waals surface area contributed by atoms with Crippen LogP contribution >= 0.6 is 0 Å². The van der Waals surface area contributed by atoms with E-state index >= 15 is 0 Å². The van der Waals surface area contributed by atoms with Crippen molar-refractivity contribution < 1.29 is 28.6 Å². The van der Waals surface area contributed by atoms with Crippen molar-refractivity contribution in [2.45, 2.75) is 19.9 Å². The molecule has 2 rings (SSSR count). The lowest BCUT2D eigenvalue weighted by Crippen LogP contribution is -2.50. The molecule has 1 unspecified atom stereocenters. The van der Waals surface area contributed by atoms with Crippen molar-refractivity contribution >= 4 is 23.6 Å². The number of hydrogen-bond donors (Lipinski definition) is 1. The Bertz CT molecular complexity index is 567. The molecule has 1 N–H and O–H groups in total. The van der Waals surface area contributed by atoms with Gasteiger partial charge in [-0.2, -0.15) is 0 Å². The van der Waals surface area contributed by atoms with Gasteiger partial charge in [0, 0.05) is 0 Å². The maximum atomic E-state index is 12.1. The van der Waals surface area contributed by atoms with Crippen LogP contribution in [0.25, 0.3) is 0 Å². The average Bonchev–Trinajstić information content (AvgIpc) is 2.48. The highest BCUT2D eigenvalue weighted by Gasteiger charge is 2.45. The van der Waals surface area contributed by atoms with Crippen molar-refractivity contribution in [3.05, 3.63) is 24.3 Å². The maximum absolute atomic E-state index is 12.1. The normalized spacial score (nSPS) is 16.3. The monoisotopic (exact) mass is 307 g/mol. The predicted octanol–water partition coefficient (Wildman–Crippen LogP) is 1.13. The third-order valence-corrected chi connectivity index (χ3v) is 3.08. The van der Waals surface area contributed by atoms with Crippen LogP contribution in [-0.4, -0.2) is 37.2 Å². The molecule has 0 fully saturated rings. The SMILES string of the molecule is CCOC(=O)C(C(=O)OCC)C1Nc2ccccc2OC1=O.